The third-order valence-electron chi connectivity index (χ3n) is 3.82. The fourth-order valence-electron chi connectivity index (χ4n) is 2.38. The Morgan fingerprint density at radius 2 is 1.10 bits per heavy atom. The number of amides is 2. The fourth-order valence-corrected chi connectivity index (χ4v) is 2.38. The Bertz CT molecular complexity index is 1040. The van der Waals surface area contributed by atoms with Crippen LogP contribution in [-0.4, -0.2) is 31.6 Å². The van der Waals surface area contributed by atoms with Crippen molar-refractivity contribution < 1.29 is 19.4 Å². The van der Waals surface area contributed by atoms with Gasteiger partial charge >= 0.3 is 0 Å². The van der Waals surface area contributed by atoms with Crippen LogP contribution in [0.3, 0.4) is 0 Å². The number of anilines is 2. The molecule has 0 radical (unpaired) electrons. The molecule has 2 N–H and O–H groups in total. The van der Waals surface area contributed by atoms with Gasteiger partial charge in [0, 0.05) is 12.1 Å². The van der Waals surface area contributed by atoms with Gasteiger partial charge in [0.05, 0.1) is 21.0 Å². The van der Waals surface area contributed by atoms with Gasteiger partial charge in [-0.3, -0.25) is 29.8 Å². The monoisotopic (exact) mass is 408 g/mol. The first-order valence-corrected chi connectivity index (χ1v) is 8.28. The molecule has 3 aromatic rings. The van der Waals surface area contributed by atoms with Crippen molar-refractivity contribution >= 4 is 34.8 Å². The van der Waals surface area contributed by atoms with Crippen LogP contribution in [0.15, 0.2) is 60.9 Å². The summed E-state index contributed by atoms with van der Waals surface area (Å²) in [7, 11) is 0. The van der Waals surface area contributed by atoms with E-state index >= 15 is 0 Å². The van der Waals surface area contributed by atoms with E-state index in [1.165, 1.54) is 36.4 Å². The van der Waals surface area contributed by atoms with E-state index < -0.39 is 21.7 Å². The van der Waals surface area contributed by atoms with Gasteiger partial charge in [-0.05, 0) is 24.3 Å². The lowest BCUT2D eigenvalue weighted by Crippen LogP contribution is -2.21. The average Bonchev–Trinajstić information content (AvgIpc) is 2.74. The third kappa shape index (κ3) is 4.56. The zero-order valence-electron chi connectivity index (χ0n) is 15.0. The maximum absolute atomic E-state index is 12.6. The van der Waals surface area contributed by atoms with Crippen LogP contribution in [0.1, 0.15) is 20.7 Å². The first-order chi connectivity index (χ1) is 14.3. The number of benzene rings is 1. The number of carbonyl (C=O) groups excluding carboxylic acids is 2. The van der Waals surface area contributed by atoms with Gasteiger partial charge in [-0.25, -0.2) is 9.97 Å². The van der Waals surface area contributed by atoms with Crippen molar-refractivity contribution in [3.63, 3.8) is 0 Å². The fraction of sp³-hybridized carbons (Fsp3) is 0. The van der Waals surface area contributed by atoms with E-state index in [1.807, 2.05) is 0 Å². The lowest BCUT2D eigenvalue weighted by atomic mass is 10.1. The lowest BCUT2D eigenvalue weighted by Gasteiger charge is -2.10. The van der Waals surface area contributed by atoms with E-state index in [0.29, 0.717) is 0 Å². The molecular weight excluding hydrogens is 396 g/mol. The molecule has 2 amide bonds. The smallest absolute Gasteiger partial charge is 0.287 e. The molecule has 150 valence electrons. The van der Waals surface area contributed by atoms with E-state index in [2.05, 4.69) is 20.6 Å². The van der Waals surface area contributed by atoms with Crippen molar-refractivity contribution in [1.29, 1.82) is 0 Å². The van der Waals surface area contributed by atoms with Gasteiger partial charge in [0.15, 0.2) is 0 Å². The highest BCUT2D eigenvalue weighted by molar-refractivity contribution is 6.15. The van der Waals surface area contributed by atoms with Gasteiger partial charge in [-0.1, -0.05) is 12.1 Å². The number of nitrogens with one attached hydrogen (secondary N) is 2. The second-order valence-electron chi connectivity index (χ2n) is 5.77. The Labute approximate surface area is 167 Å². The van der Waals surface area contributed by atoms with Crippen LogP contribution >= 0.6 is 0 Å². The average molecular weight is 408 g/mol. The van der Waals surface area contributed by atoms with Gasteiger partial charge in [0.2, 0.25) is 0 Å². The van der Waals surface area contributed by atoms with E-state index in [4.69, 9.17) is 0 Å². The Morgan fingerprint density at radius 1 is 0.700 bits per heavy atom. The molecule has 0 fully saturated rings. The molecule has 1 aromatic carbocycles. The highest BCUT2D eigenvalue weighted by Crippen LogP contribution is 2.17. The van der Waals surface area contributed by atoms with Crippen molar-refractivity contribution in [2.45, 2.75) is 0 Å². The van der Waals surface area contributed by atoms with Gasteiger partial charge < -0.3 is 10.6 Å². The Hall–Kier alpha value is -4.74. The summed E-state index contributed by atoms with van der Waals surface area (Å²) in [5.74, 6) is -1.17. The molecule has 2 aromatic heterocycles. The van der Waals surface area contributed by atoms with Crippen LogP contribution in [0, 0.1) is 20.2 Å². The lowest BCUT2D eigenvalue weighted by molar-refractivity contribution is -0.385. The Balaban J connectivity index is 1.77. The molecule has 0 aliphatic heterocycles. The summed E-state index contributed by atoms with van der Waals surface area (Å²) in [6, 6.07) is 10.8. The van der Waals surface area contributed by atoms with Crippen molar-refractivity contribution in [2.75, 3.05) is 10.6 Å². The normalized spacial score (nSPS) is 10.1. The van der Waals surface area contributed by atoms with Gasteiger partial charge in [0.1, 0.15) is 24.0 Å². The predicted molar refractivity (Wildman–Crippen MR) is 104 cm³/mol. The number of hydrogen-bond donors (Lipinski definition) is 2. The Kier molecular flexibility index (Phi) is 5.68. The molecule has 3 rings (SSSR count). The molecule has 0 atom stereocenters. The molecule has 0 aliphatic rings. The second-order valence-corrected chi connectivity index (χ2v) is 5.77. The minimum absolute atomic E-state index is 0.0251. The van der Waals surface area contributed by atoms with Crippen molar-refractivity contribution in [3.8, 4) is 0 Å². The number of carbonyl (C=O) groups is 2. The number of nitrogens with zero attached hydrogens (tertiary/aromatic N) is 4. The summed E-state index contributed by atoms with van der Waals surface area (Å²) in [6.07, 6.45) is 1.99. The van der Waals surface area contributed by atoms with Crippen molar-refractivity contribution in [2.24, 2.45) is 0 Å². The summed E-state index contributed by atoms with van der Waals surface area (Å²) in [5.41, 5.74) is -0.416. The molecule has 2 heterocycles. The molecule has 12 heteroatoms. The molecular formula is C18H12N6O6. The summed E-state index contributed by atoms with van der Waals surface area (Å²) in [6.45, 7) is 0. The van der Waals surface area contributed by atoms with Crippen LogP contribution in [0.5, 0.6) is 0 Å². The first-order valence-electron chi connectivity index (χ1n) is 8.28. The van der Waals surface area contributed by atoms with Crippen LogP contribution in [0.2, 0.25) is 0 Å². The summed E-state index contributed by atoms with van der Waals surface area (Å²) in [4.78, 5) is 52.8. The topological polar surface area (TPSA) is 170 Å². The van der Waals surface area contributed by atoms with E-state index in [9.17, 15) is 29.8 Å². The summed E-state index contributed by atoms with van der Waals surface area (Å²) < 4.78 is 0. The molecule has 0 saturated heterocycles. The molecule has 12 nitrogen and oxygen atoms in total. The highest BCUT2D eigenvalue weighted by Gasteiger charge is 2.18. The Morgan fingerprint density at radius 3 is 1.40 bits per heavy atom. The van der Waals surface area contributed by atoms with Crippen LogP contribution in [-0.2, 0) is 0 Å². The van der Waals surface area contributed by atoms with E-state index in [0.717, 1.165) is 12.4 Å². The molecule has 0 aliphatic carbocycles. The minimum atomic E-state index is -0.654. The number of nitro groups is 2. The molecule has 0 spiro atoms. The second kappa shape index (κ2) is 8.52. The van der Waals surface area contributed by atoms with Gasteiger partial charge in [-0.2, -0.15) is 0 Å². The predicted octanol–water partition coefficient (Wildman–Crippen LogP) is 2.80. The molecule has 0 unspecified atom stereocenters. The van der Waals surface area contributed by atoms with Gasteiger partial charge in [0.25, 0.3) is 23.2 Å². The first kappa shape index (κ1) is 20.0. The van der Waals surface area contributed by atoms with Gasteiger partial charge in [-0.15, -0.1) is 0 Å². The number of aromatic nitrogens is 2. The molecule has 0 saturated carbocycles. The SMILES string of the molecule is O=C(Nc1ccc([N+](=O)[O-])cn1)c1ccccc1C(=O)Nc1ccc([N+](=O)[O-])cn1. The zero-order valence-corrected chi connectivity index (χ0v) is 15.0. The quantitative estimate of drug-likeness (QED) is 0.463. The van der Waals surface area contributed by atoms with E-state index in [-0.39, 0.29) is 34.1 Å². The van der Waals surface area contributed by atoms with Crippen LogP contribution < -0.4 is 10.6 Å². The number of hydrogen-bond acceptors (Lipinski definition) is 8. The number of rotatable bonds is 6. The number of pyridine rings is 2. The maximum atomic E-state index is 12.6. The van der Waals surface area contributed by atoms with Crippen LogP contribution in [0.4, 0.5) is 23.0 Å². The molecule has 30 heavy (non-hydrogen) atoms. The summed E-state index contributed by atoms with van der Waals surface area (Å²) in [5, 5.41) is 26.3. The zero-order chi connectivity index (χ0) is 21.7. The van der Waals surface area contributed by atoms with Crippen LogP contribution in [0.25, 0.3) is 0 Å². The minimum Gasteiger partial charge on any atom is -0.307 e. The van der Waals surface area contributed by atoms with Crippen molar-refractivity contribution in [1.82, 2.24) is 9.97 Å². The molecule has 0 bridgehead atoms. The third-order valence-corrected chi connectivity index (χ3v) is 3.82. The summed E-state index contributed by atoms with van der Waals surface area (Å²) >= 11 is 0. The maximum Gasteiger partial charge on any atom is 0.287 e. The van der Waals surface area contributed by atoms with E-state index in [1.54, 1.807) is 12.1 Å². The standard InChI is InChI=1S/C18H12N6O6/c25-17(21-15-7-5-11(9-19-15)23(27)28)13-3-1-2-4-14(13)18(26)22-16-8-6-12(10-20-16)24(29)30/h1-10H,(H,19,21,25)(H,20,22,26). The van der Waals surface area contributed by atoms with Crippen molar-refractivity contribution in [3.05, 3.63) is 92.3 Å². The highest BCUT2D eigenvalue weighted by atomic mass is 16.6. The largest absolute Gasteiger partial charge is 0.307 e.